The Kier molecular flexibility index (Phi) is 6.28. The van der Waals surface area contributed by atoms with E-state index in [1.165, 1.54) is 26.0 Å². The van der Waals surface area contributed by atoms with Crippen molar-refractivity contribution in [2.45, 2.75) is 17.1 Å². The minimum absolute atomic E-state index is 0.124. The number of esters is 1. The van der Waals surface area contributed by atoms with Crippen molar-refractivity contribution in [2.24, 2.45) is 0 Å². The van der Waals surface area contributed by atoms with Gasteiger partial charge in [-0.25, -0.2) is 4.79 Å². The van der Waals surface area contributed by atoms with E-state index >= 15 is 0 Å². The van der Waals surface area contributed by atoms with Gasteiger partial charge in [0.25, 0.3) is 5.91 Å². The van der Waals surface area contributed by atoms with Crippen LogP contribution in [-0.4, -0.2) is 43.9 Å². The van der Waals surface area contributed by atoms with Crippen molar-refractivity contribution in [3.8, 4) is 11.5 Å². The molecule has 0 bridgehead atoms. The Hall–Kier alpha value is -3.20. The maximum absolute atomic E-state index is 12.3. The number of nitrogens with one attached hydrogen (secondary N) is 2. The van der Waals surface area contributed by atoms with E-state index in [4.69, 9.17) is 14.2 Å². The van der Waals surface area contributed by atoms with E-state index in [0.717, 1.165) is 4.90 Å². The molecule has 0 saturated carbocycles. The third-order valence-electron chi connectivity index (χ3n) is 4.12. The number of hydrogen-bond acceptors (Lipinski definition) is 7. The van der Waals surface area contributed by atoms with Gasteiger partial charge in [0.05, 0.1) is 30.7 Å². The third-order valence-corrected chi connectivity index (χ3v) is 5.29. The van der Waals surface area contributed by atoms with E-state index in [1.807, 2.05) is 6.92 Å². The lowest BCUT2D eigenvalue weighted by atomic mass is 10.2. The molecule has 1 unspecified atom stereocenters. The molecule has 0 aromatic heterocycles. The summed E-state index contributed by atoms with van der Waals surface area (Å²) in [5.41, 5.74) is 1.25. The molecule has 0 fully saturated rings. The van der Waals surface area contributed by atoms with Crippen LogP contribution in [0.3, 0.4) is 0 Å². The first kappa shape index (κ1) is 20.5. The molecule has 152 valence electrons. The highest BCUT2D eigenvalue weighted by Gasteiger charge is 2.24. The molecule has 0 aliphatic carbocycles. The van der Waals surface area contributed by atoms with Crippen LogP contribution in [0.25, 0.3) is 0 Å². The highest BCUT2D eigenvalue weighted by molar-refractivity contribution is 8.00. The smallest absolute Gasteiger partial charge is 0.338 e. The number of carbonyl (C=O) groups is 3. The maximum atomic E-state index is 12.3. The fourth-order valence-electron chi connectivity index (χ4n) is 2.63. The molecule has 2 aromatic rings. The molecule has 0 radical (unpaired) electrons. The van der Waals surface area contributed by atoms with Gasteiger partial charge < -0.3 is 24.8 Å². The molecule has 1 heterocycles. The van der Waals surface area contributed by atoms with Crippen LogP contribution in [0.1, 0.15) is 17.3 Å². The van der Waals surface area contributed by atoms with Crippen molar-refractivity contribution >= 4 is 40.9 Å². The normalized spacial score (nSPS) is 15.0. The van der Waals surface area contributed by atoms with Crippen LogP contribution in [0.15, 0.2) is 41.3 Å². The lowest BCUT2D eigenvalue weighted by Gasteiger charge is -2.21. The van der Waals surface area contributed by atoms with E-state index in [-0.39, 0.29) is 16.7 Å². The zero-order chi connectivity index (χ0) is 21.0. The molecule has 0 saturated heterocycles. The summed E-state index contributed by atoms with van der Waals surface area (Å²) in [6.45, 7) is 1.34. The number of ether oxygens (including phenoxy) is 3. The Balaban J connectivity index is 1.60. The van der Waals surface area contributed by atoms with Crippen LogP contribution in [0, 0.1) is 0 Å². The van der Waals surface area contributed by atoms with Gasteiger partial charge in [-0.05, 0) is 25.1 Å². The molecule has 1 aliphatic rings. The Morgan fingerprint density at radius 2 is 1.79 bits per heavy atom. The summed E-state index contributed by atoms with van der Waals surface area (Å²) in [6, 6.07) is 9.79. The number of methoxy groups -OCH3 is 2. The standard InChI is InChI=1S/C20H20N2O6S/c1-11-19(24)22-16-6-12(4-5-17(16)29-11)20(25)28-10-18(23)21-13-7-14(26-2)9-15(8-13)27-3/h4-9,11H,10H2,1-3H3,(H,21,23)(H,22,24). The van der Waals surface area contributed by atoms with Crippen LogP contribution >= 0.6 is 11.8 Å². The molecule has 2 amide bonds. The van der Waals surface area contributed by atoms with E-state index in [2.05, 4.69) is 10.6 Å². The van der Waals surface area contributed by atoms with E-state index in [9.17, 15) is 14.4 Å². The summed E-state index contributed by atoms with van der Waals surface area (Å²) in [7, 11) is 3.00. The highest BCUT2D eigenvalue weighted by atomic mass is 32.2. The minimum Gasteiger partial charge on any atom is -0.497 e. The van der Waals surface area contributed by atoms with Gasteiger partial charge in [0.2, 0.25) is 5.91 Å². The molecule has 1 atom stereocenters. The predicted octanol–water partition coefficient (Wildman–Crippen LogP) is 2.93. The van der Waals surface area contributed by atoms with Gasteiger partial charge in [-0.1, -0.05) is 0 Å². The maximum Gasteiger partial charge on any atom is 0.338 e. The van der Waals surface area contributed by atoms with Crippen molar-refractivity contribution in [1.82, 2.24) is 0 Å². The first-order chi connectivity index (χ1) is 13.9. The quantitative estimate of drug-likeness (QED) is 0.698. The molecule has 3 rings (SSSR count). The largest absolute Gasteiger partial charge is 0.497 e. The summed E-state index contributed by atoms with van der Waals surface area (Å²) in [4.78, 5) is 37.1. The molecule has 8 nitrogen and oxygen atoms in total. The number of amides is 2. The van der Waals surface area contributed by atoms with Gasteiger partial charge in [0.15, 0.2) is 6.61 Å². The number of hydrogen-bond donors (Lipinski definition) is 2. The molecule has 0 spiro atoms. The molecule has 9 heteroatoms. The SMILES string of the molecule is COc1cc(NC(=O)COC(=O)c2ccc3c(c2)NC(=O)C(C)S3)cc(OC)c1. The van der Waals surface area contributed by atoms with Gasteiger partial charge in [0, 0.05) is 28.8 Å². The zero-order valence-corrected chi connectivity index (χ0v) is 16.9. The van der Waals surface area contributed by atoms with Crippen molar-refractivity contribution in [1.29, 1.82) is 0 Å². The summed E-state index contributed by atoms with van der Waals surface area (Å²) in [5, 5.41) is 5.18. The second-order valence-corrected chi connectivity index (χ2v) is 7.57. The van der Waals surface area contributed by atoms with Crippen molar-refractivity contribution in [2.75, 3.05) is 31.5 Å². The molecule has 29 heavy (non-hydrogen) atoms. The van der Waals surface area contributed by atoms with Gasteiger partial charge in [-0.15, -0.1) is 11.8 Å². The number of thioether (sulfide) groups is 1. The third kappa shape index (κ3) is 5.00. The van der Waals surface area contributed by atoms with Crippen molar-refractivity contribution in [3.05, 3.63) is 42.0 Å². The molecule has 1 aliphatic heterocycles. The van der Waals surface area contributed by atoms with E-state index in [1.54, 1.807) is 36.4 Å². The lowest BCUT2D eigenvalue weighted by Crippen LogP contribution is -2.26. The predicted molar refractivity (Wildman–Crippen MR) is 109 cm³/mol. The molecule has 2 aromatic carbocycles. The van der Waals surface area contributed by atoms with Gasteiger partial charge in [0.1, 0.15) is 11.5 Å². The Morgan fingerprint density at radius 3 is 2.45 bits per heavy atom. The van der Waals surface area contributed by atoms with Crippen LogP contribution in [-0.2, 0) is 14.3 Å². The zero-order valence-electron chi connectivity index (χ0n) is 16.1. The molecule has 2 N–H and O–H groups in total. The number of anilines is 2. The van der Waals surface area contributed by atoms with Gasteiger partial charge >= 0.3 is 5.97 Å². The number of carbonyl (C=O) groups excluding carboxylic acids is 3. The van der Waals surface area contributed by atoms with Crippen LogP contribution < -0.4 is 20.1 Å². The molecular formula is C20H20N2O6S. The van der Waals surface area contributed by atoms with E-state index < -0.39 is 18.5 Å². The van der Waals surface area contributed by atoms with Crippen LogP contribution in [0.4, 0.5) is 11.4 Å². The lowest BCUT2D eigenvalue weighted by molar-refractivity contribution is -0.119. The van der Waals surface area contributed by atoms with E-state index in [0.29, 0.717) is 22.9 Å². The highest BCUT2D eigenvalue weighted by Crippen LogP contribution is 2.36. The fourth-order valence-corrected chi connectivity index (χ4v) is 3.56. The average molecular weight is 416 g/mol. The van der Waals surface area contributed by atoms with Crippen LogP contribution in [0.5, 0.6) is 11.5 Å². The second kappa shape index (κ2) is 8.87. The second-order valence-electron chi connectivity index (χ2n) is 6.19. The summed E-state index contributed by atoms with van der Waals surface area (Å²) in [5.74, 6) is -0.269. The topological polar surface area (TPSA) is 103 Å². The Bertz CT molecular complexity index is 940. The Morgan fingerprint density at radius 1 is 1.10 bits per heavy atom. The summed E-state index contributed by atoms with van der Waals surface area (Å²) in [6.07, 6.45) is 0. The van der Waals surface area contributed by atoms with Crippen molar-refractivity contribution < 1.29 is 28.6 Å². The van der Waals surface area contributed by atoms with Gasteiger partial charge in [-0.3, -0.25) is 9.59 Å². The molecular weight excluding hydrogens is 396 g/mol. The number of fused-ring (bicyclic) bond motifs is 1. The monoisotopic (exact) mass is 416 g/mol. The fraction of sp³-hybridized carbons (Fsp3) is 0.250. The minimum atomic E-state index is -0.663. The summed E-state index contributed by atoms with van der Waals surface area (Å²) >= 11 is 1.42. The first-order valence-corrected chi connectivity index (χ1v) is 9.59. The Labute approximate surface area is 171 Å². The number of benzene rings is 2. The van der Waals surface area contributed by atoms with Crippen molar-refractivity contribution in [3.63, 3.8) is 0 Å². The number of rotatable bonds is 6. The first-order valence-electron chi connectivity index (χ1n) is 8.71. The van der Waals surface area contributed by atoms with Crippen LogP contribution in [0.2, 0.25) is 0 Å². The van der Waals surface area contributed by atoms with Gasteiger partial charge in [-0.2, -0.15) is 0 Å². The average Bonchev–Trinajstić information content (AvgIpc) is 2.72. The summed E-state index contributed by atoms with van der Waals surface area (Å²) < 4.78 is 15.4.